The van der Waals surface area contributed by atoms with Crippen LogP contribution in [0, 0.1) is 0 Å². The lowest BCUT2D eigenvalue weighted by Crippen LogP contribution is -2.31. The first kappa shape index (κ1) is 22.2. The van der Waals surface area contributed by atoms with Crippen molar-refractivity contribution in [2.75, 3.05) is 18.4 Å². The van der Waals surface area contributed by atoms with Gasteiger partial charge in [0.25, 0.3) is 5.91 Å². The number of hydrogen-bond donors (Lipinski definition) is 2. The van der Waals surface area contributed by atoms with E-state index >= 15 is 0 Å². The molecule has 0 aliphatic rings. The van der Waals surface area contributed by atoms with Crippen molar-refractivity contribution in [3.8, 4) is 0 Å². The van der Waals surface area contributed by atoms with Crippen LogP contribution in [0.5, 0.6) is 0 Å². The van der Waals surface area contributed by atoms with Gasteiger partial charge in [0.15, 0.2) is 0 Å². The van der Waals surface area contributed by atoms with Crippen molar-refractivity contribution >= 4 is 50.8 Å². The first-order valence-corrected chi connectivity index (χ1v) is 10.4. The number of carbonyl (C=O) groups is 2. The number of halogens is 2. The number of rotatable bonds is 7. The van der Waals surface area contributed by atoms with Crippen LogP contribution in [0.15, 0.2) is 41.3 Å². The van der Waals surface area contributed by atoms with E-state index in [4.69, 9.17) is 28.3 Å². The molecule has 0 bridgehead atoms. The molecule has 0 atom stereocenters. The Morgan fingerprint density at radius 2 is 1.71 bits per heavy atom. The largest absolute Gasteiger partial charge is 0.478 e. The van der Waals surface area contributed by atoms with Gasteiger partial charge in [0, 0.05) is 18.8 Å². The first-order chi connectivity index (χ1) is 13.1. The summed E-state index contributed by atoms with van der Waals surface area (Å²) in [6.07, 6.45) is 0. The van der Waals surface area contributed by atoms with E-state index in [9.17, 15) is 18.0 Å². The molecule has 2 aromatic rings. The number of carboxylic acids is 1. The molecule has 2 N–H and O–H groups in total. The highest BCUT2D eigenvalue weighted by Crippen LogP contribution is 2.31. The Labute approximate surface area is 172 Å². The molecule has 10 heteroatoms. The Balaban J connectivity index is 2.45. The maximum absolute atomic E-state index is 12.8. The summed E-state index contributed by atoms with van der Waals surface area (Å²) in [4.78, 5) is 23.4. The molecule has 0 heterocycles. The summed E-state index contributed by atoms with van der Waals surface area (Å²) in [7, 11) is -3.91. The molecule has 0 aromatic heterocycles. The van der Waals surface area contributed by atoms with E-state index in [1.165, 1.54) is 34.6 Å². The number of hydrogen-bond acceptors (Lipinski definition) is 4. The van der Waals surface area contributed by atoms with Gasteiger partial charge >= 0.3 is 5.97 Å². The van der Waals surface area contributed by atoms with Gasteiger partial charge in [0.05, 0.1) is 21.2 Å². The number of nitrogens with one attached hydrogen (secondary N) is 1. The van der Waals surface area contributed by atoms with Crippen LogP contribution < -0.4 is 5.32 Å². The molecule has 0 unspecified atom stereocenters. The number of sulfonamides is 1. The molecule has 150 valence electrons. The molecule has 0 saturated heterocycles. The molecule has 2 aromatic carbocycles. The minimum Gasteiger partial charge on any atom is -0.478 e. The monoisotopic (exact) mass is 444 g/mol. The fourth-order valence-corrected chi connectivity index (χ4v) is 4.82. The van der Waals surface area contributed by atoms with Crippen molar-refractivity contribution in [1.82, 2.24) is 4.31 Å². The van der Waals surface area contributed by atoms with Crippen LogP contribution in [-0.4, -0.2) is 42.8 Å². The maximum Gasteiger partial charge on any atom is 0.335 e. The van der Waals surface area contributed by atoms with Crippen LogP contribution in [-0.2, 0) is 10.0 Å². The van der Waals surface area contributed by atoms with Gasteiger partial charge in [0.2, 0.25) is 10.0 Å². The van der Waals surface area contributed by atoms with Gasteiger partial charge in [-0.25, -0.2) is 13.2 Å². The normalized spacial score (nSPS) is 11.5. The highest BCUT2D eigenvalue weighted by atomic mass is 35.5. The topological polar surface area (TPSA) is 104 Å². The molecule has 0 aliphatic heterocycles. The summed E-state index contributed by atoms with van der Waals surface area (Å²) in [5.41, 5.74) is 0.117. The average Bonchev–Trinajstić information content (AvgIpc) is 2.62. The van der Waals surface area contributed by atoms with Gasteiger partial charge in [-0.2, -0.15) is 4.31 Å². The predicted octanol–water partition coefficient (Wildman–Crippen LogP) is 3.97. The first-order valence-electron chi connectivity index (χ1n) is 8.25. The molecule has 0 aliphatic carbocycles. The fraction of sp³-hybridized carbons (Fsp3) is 0.222. The number of nitrogens with zero attached hydrogens (tertiary/aromatic N) is 1. The second kappa shape index (κ2) is 8.91. The maximum atomic E-state index is 12.8. The Kier molecular flexibility index (Phi) is 7.06. The van der Waals surface area contributed by atoms with Crippen molar-refractivity contribution in [1.29, 1.82) is 0 Å². The van der Waals surface area contributed by atoms with Crippen LogP contribution in [0.25, 0.3) is 0 Å². The molecule has 0 saturated carbocycles. The van der Waals surface area contributed by atoms with Crippen molar-refractivity contribution in [3.05, 3.63) is 57.6 Å². The molecular formula is C18H18Cl2N2O5S. The third kappa shape index (κ3) is 4.64. The standard InChI is InChI=1S/C18H18Cl2N2O5S/c1-3-22(4-2)28(26,27)16-9-13(14(19)10-15(16)20)17(23)21-12-7-5-6-11(8-12)18(24)25/h5-10H,3-4H2,1-2H3,(H,21,23)(H,24,25). The zero-order chi connectivity index (χ0) is 21.1. The van der Waals surface area contributed by atoms with Crippen molar-refractivity contribution < 1.29 is 23.1 Å². The van der Waals surface area contributed by atoms with Crippen LogP contribution in [0.1, 0.15) is 34.6 Å². The van der Waals surface area contributed by atoms with E-state index in [-0.39, 0.29) is 44.8 Å². The Morgan fingerprint density at radius 3 is 2.29 bits per heavy atom. The zero-order valence-corrected chi connectivity index (χ0v) is 17.4. The molecule has 2 rings (SSSR count). The van der Waals surface area contributed by atoms with Crippen molar-refractivity contribution in [2.45, 2.75) is 18.7 Å². The predicted molar refractivity (Wildman–Crippen MR) is 108 cm³/mol. The molecule has 28 heavy (non-hydrogen) atoms. The van der Waals surface area contributed by atoms with Crippen molar-refractivity contribution in [2.24, 2.45) is 0 Å². The van der Waals surface area contributed by atoms with E-state index in [0.29, 0.717) is 0 Å². The molecule has 0 spiro atoms. The van der Waals surface area contributed by atoms with E-state index in [0.717, 1.165) is 6.07 Å². The number of amides is 1. The number of anilines is 1. The van der Waals surface area contributed by atoms with Crippen LogP contribution in [0.2, 0.25) is 10.0 Å². The average molecular weight is 445 g/mol. The highest BCUT2D eigenvalue weighted by Gasteiger charge is 2.27. The van der Waals surface area contributed by atoms with Gasteiger partial charge < -0.3 is 10.4 Å². The Morgan fingerprint density at radius 1 is 1.07 bits per heavy atom. The lowest BCUT2D eigenvalue weighted by Gasteiger charge is -2.20. The summed E-state index contributed by atoms with van der Waals surface area (Å²) in [5.74, 6) is -1.84. The minimum absolute atomic E-state index is 0.00944. The van der Waals surface area contributed by atoms with Gasteiger partial charge in [-0.1, -0.05) is 43.1 Å². The summed E-state index contributed by atoms with van der Waals surface area (Å²) in [6, 6.07) is 7.94. The van der Waals surface area contributed by atoms with Gasteiger partial charge in [0.1, 0.15) is 4.90 Å². The second-order valence-electron chi connectivity index (χ2n) is 5.69. The van der Waals surface area contributed by atoms with Gasteiger partial charge in [-0.15, -0.1) is 0 Å². The smallest absolute Gasteiger partial charge is 0.335 e. The Hall–Kier alpha value is -2.13. The van der Waals surface area contributed by atoms with E-state index < -0.39 is 21.9 Å². The lowest BCUT2D eigenvalue weighted by molar-refractivity contribution is 0.0696. The quantitative estimate of drug-likeness (QED) is 0.671. The van der Waals surface area contributed by atoms with E-state index in [1.807, 2.05) is 0 Å². The third-order valence-electron chi connectivity index (χ3n) is 3.96. The van der Waals surface area contributed by atoms with Gasteiger partial charge in [-0.3, -0.25) is 4.79 Å². The van der Waals surface area contributed by atoms with E-state index in [2.05, 4.69) is 5.32 Å². The SMILES string of the molecule is CCN(CC)S(=O)(=O)c1cc(C(=O)Nc2cccc(C(=O)O)c2)c(Cl)cc1Cl. The molecule has 0 fully saturated rings. The number of carboxylic acid groups (broad SMARTS) is 1. The summed E-state index contributed by atoms with van der Waals surface area (Å²) >= 11 is 12.2. The molecular weight excluding hydrogens is 427 g/mol. The third-order valence-corrected chi connectivity index (χ3v) is 6.78. The van der Waals surface area contributed by atoms with Crippen LogP contribution >= 0.6 is 23.2 Å². The molecule has 1 amide bonds. The van der Waals surface area contributed by atoms with Gasteiger partial charge in [-0.05, 0) is 30.3 Å². The second-order valence-corrected chi connectivity index (χ2v) is 8.41. The Bertz CT molecular complexity index is 1020. The highest BCUT2D eigenvalue weighted by molar-refractivity contribution is 7.89. The number of carbonyl (C=O) groups excluding carboxylic acids is 1. The minimum atomic E-state index is -3.91. The van der Waals surface area contributed by atoms with Crippen LogP contribution in [0.4, 0.5) is 5.69 Å². The summed E-state index contributed by atoms with van der Waals surface area (Å²) in [5, 5.41) is 11.4. The van der Waals surface area contributed by atoms with Crippen LogP contribution in [0.3, 0.4) is 0 Å². The fourth-order valence-electron chi connectivity index (χ4n) is 2.53. The molecule has 7 nitrogen and oxygen atoms in total. The summed E-state index contributed by atoms with van der Waals surface area (Å²) < 4.78 is 26.8. The summed E-state index contributed by atoms with van der Waals surface area (Å²) in [6.45, 7) is 3.85. The van der Waals surface area contributed by atoms with E-state index in [1.54, 1.807) is 13.8 Å². The number of benzene rings is 2. The lowest BCUT2D eigenvalue weighted by atomic mass is 10.1. The number of aromatic carboxylic acids is 1. The zero-order valence-electron chi connectivity index (χ0n) is 15.1. The van der Waals surface area contributed by atoms with Crippen molar-refractivity contribution in [3.63, 3.8) is 0 Å². The molecule has 0 radical (unpaired) electrons.